The number of nitrogen functional groups attached to an aromatic ring is 1. The Kier molecular flexibility index (Phi) is 3.56. The van der Waals surface area contributed by atoms with Crippen molar-refractivity contribution in [1.82, 2.24) is 4.98 Å². The van der Waals surface area contributed by atoms with E-state index >= 15 is 0 Å². The first-order valence-electron chi connectivity index (χ1n) is 4.99. The summed E-state index contributed by atoms with van der Waals surface area (Å²) >= 11 is 11.7. The van der Waals surface area contributed by atoms with Crippen LogP contribution in [0.1, 0.15) is 5.56 Å². The Balaban J connectivity index is 2.43. The zero-order valence-corrected chi connectivity index (χ0v) is 10.6. The van der Waals surface area contributed by atoms with Crippen LogP contribution in [-0.4, -0.2) is 4.98 Å². The van der Waals surface area contributed by atoms with Crippen molar-refractivity contribution in [2.45, 2.75) is 0 Å². The molecule has 0 atom stereocenters. The first kappa shape index (κ1) is 12.5. The molecule has 0 spiro atoms. The predicted octanol–water partition coefficient (Wildman–Crippen LogP) is 3.59. The van der Waals surface area contributed by atoms with E-state index < -0.39 is 0 Å². The predicted molar refractivity (Wildman–Crippen MR) is 73.1 cm³/mol. The van der Waals surface area contributed by atoms with Crippen molar-refractivity contribution in [3.05, 3.63) is 46.1 Å². The average molecular weight is 279 g/mol. The van der Waals surface area contributed by atoms with Crippen LogP contribution in [0.15, 0.2) is 30.3 Å². The molecule has 0 aliphatic carbocycles. The lowest BCUT2D eigenvalue weighted by Crippen LogP contribution is -2.00. The van der Waals surface area contributed by atoms with Crippen molar-refractivity contribution in [1.29, 1.82) is 5.26 Å². The lowest BCUT2D eigenvalue weighted by Gasteiger charge is -2.10. The van der Waals surface area contributed by atoms with Crippen LogP contribution < -0.4 is 11.1 Å². The molecule has 18 heavy (non-hydrogen) atoms. The van der Waals surface area contributed by atoms with Crippen LogP contribution in [0.5, 0.6) is 0 Å². The van der Waals surface area contributed by atoms with Crippen molar-refractivity contribution >= 4 is 40.4 Å². The van der Waals surface area contributed by atoms with Crippen LogP contribution in [0, 0.1) is 11.3 Å². The van der Waals surface area contributed by atoms with Gasteiger partial charge in [-0.25, -0.2) is 4.98 Å². The molecule has 2 aromatic rings. The molecule has 0 aliphatic heterocycles. The summed E-state index contributed by atoms with van der Waals surface area (Å²) in [6.45, 7) is 0. The maximum absolute atomic E-state index is 9.00. The number of nitrogens with two attached hydrogens (primary N) is 1. The minimum absolute atomic E-state index is 0.312. The van der Waals surface area contributed by atoms with Crippen LogP contribution in [-0.2, 0) is 0 Å². The minimum atomic E-state index is 0.312. The van der Waals surface area contributed by atoms with Crippen LogP contribution in [0.4, 0.5) is 17.2 Å². The number of aromatic nitrogens is 1. The van der Waals surface area contributed by atoms with Gasteiger partial charge in [0.1, 0.15) is 11.2 Å². The molecule has 0 bridgehead atoms. The van der Waals surface area contributed by atoms with E-state index in [0.29, 0.717) is 32.9 Å². The van der Waals surface area contributed by atoms with Crippen molar-refractivity contribution < 1.29 is 0 Å². The second kappa shape index (κ2) is 5.13. The van der Waals surface area contributed by atoms with Gasteiger partial charge in [-0.15, -0.1) is 0 Å². The minimum Gasteiger partial charge on any atom is -0.396 e. The number of nitrogens with one attached hydrogen (secondary N) is 1. The highest BCUT2D eigenvalue weighted by molar-refractivity contribution is 6.31. The zero-order valence-electron chi connectivity index (χ0n) is 9.11. The largest absolute Gasteiger partial charge is 0.396 e. The second-order valence-electron chi connectivity index (χ2n) is 3.50. The first-order chi connectivity index (χ1) is 8.60. The molecule has 1 aromatic heterocycles. The van der Waals surface area contributed by atoms with E-state index in [1.54, 1.807) is 30.3 Å². The summed E-state index contributed by atoms with van der Waals surface area (Å²) in [7, 11) is 0. The van der Waals surface area contributed by atoms with Gasteiger partial charge in [0.2, 0.25) is 0 Å². The lowest BCUT2D eigenvalue weighted by atomic mass is 10.2. The van der Waals surface area contributed by atoms with Crippen LogP contribution >= 0.6 is 23.2 Å². The molecule has 0 radical (unpaired) electrons. The van der Waals surface area contributed by atoms with Crippen LogP contribution in [0.3, 0.4) is 0 Å². The summed E-state index contributed by atoms with van der Waals surface area (Å²) in [5.41, 5.74) is 7.18. The number of rotatable bonds is 2. The number of halogens is 2. The van der Waals surface area contributed by atoms with E-state index in [1.807, 2.05) is 0 Å². The quantitative estimate of drug-likeness (QED) is 0.824. The normalized spacial score (nSPS) is 9.83. The number of hydrogen-bond acceptors (Lipinski definition) is 4. The maximum atomic E-state index is 9.00. The van der Waals surface area contributed by atoms with Crippen molar-refractivity contribution in [3.63, 3.8) is 0 Å². The molecule has 3 N–H and O–H groups in total. The lowest BCUT2D eigenvalue weighted by molar-refractivity contribution is 1.31. The molecule has 0 unspecified atom stereocenters. The van der Waals surface area contributed by atoms with Crippen molar-refractivity contribution in [2.24, 2.45) is 0 Å². The van der Waals surface area contributed by atoms with Gasteiger partial charge in [-0.3, -0.25) is 0 Å². The third kappa shape index (κ3) is 2.65. The molecular weight excluding hydrogens is 271 g/mol. The molecule has 1 aromatic carbocycles. The van der Waals surface area contributed by atoms with Gasteiger partial charge >= 0.3 is 0 Å². The summed E-state index contributed by atoms with van der Waals surface area (Å²) in [5.74, 6) is 0.390. The molecule has 1 heterocycles. The van der Waals surface area contributed by atoms with E-state index in [-0.39, 0.29) is 0 Å². The fourth-order valence-electron chi connectivity index (χ4n) is 1.39. The number of anilines is 3. The first-order valence-corrected chi connectivity index (χ1v) is 5.74. The van der Waals surface area contributed by atoms with Crippen molar-refractivity contribution in [3.8, 4) is 6.07 Å². The van der Waals surface area contributed by atoms with E-state index in [2.05, 4.69) is 16.4 Å². The number of hydrogen-bond donors (Lipinski definition) is 2. The van der Waals surface area contributed by atoms with E-state index in [1.165, 1.54) is 0 Å². The van der Waals surface area contributed by atoms with Gasteiger partial charge in [-0.1, -0.05) is 23.2 Å². The summed E-state index contributed by atoms with van der Waals surface area (Å²) < 4.78 is 0. The average Bonchev–Trinajstić information content (AvgIpc) is 2.34. The van der Waals surface area contributed by atoms with Gasteiger partial charge in [-0.2, -0.15) is 5.26 Å². The molecule has 90 valence electrons. The monoisotopic (exact) mass is 278 g/mol. The number of pyridine rings is 1. The Morgan fingerprint density at radius 1 is 1.22 bits per heavy atom. The molecular formula is C12H8Cl2N4. The van der Waals surface area contributed by atoms with Gasteiger partial charge in [0.25, 0.3) is 0 Å². The third-order valence-corrected chi connectivity index (χ3v) is 2.69. The molecule has 0 aliphatic rings. The molecule has 6 heteroatoms. The Labute approximate surface area is 114 Å². The summed E-state index contributed by atoms with van der Waals surface area (Å²) in [6.07, 6.45) is 0. The smallest absolute Gasteiger partial charge is 0.155 e. The number of nitrogens with zero attached hydrogens (tertiary/aromatic N) is 2. The molecule has 0 saturated heterocycles. The molecule has 0 fully saturated rings. The van der Waals surface area contributed by atoms with Gasteiger partial charge in [0, 0.05) is 5.02 Å². The summed E-state index contributed by atoms with van der Waals surface area (Å²) in [5, 5.41) is 12.8. The highest BCUT2D eigenvalue weighted by atomic mass is 35.5. The van der Waals surface area contributed by atoms with Crippen molar-refractivity contribution in [2.75, 3.05) is 11.1 Å². The fraction of sp³-hybridized carbons (Fsp3) is 0. The van der Waals surface area contributed by atoms with Gasteiger partial charge in [0.15, 0.2) is 5.82 Å². The number of nitriles is 1. The van der Waals surface area contributed by atoms with Gasteiger partial charge < -0.3 is 11.1 Å². The van der Waals surface area contributed by atoms with E-state index in [0.717, 1.165) is 0 Å². The Morgan fingerprint density at radius 2 is 2.00 bits per heavy atom. The fourth-order valence-corrected chi connectivity index (χ4v) is 1.71. The van der Waals surface area contributed by atoms with Gasteiger partial charge in [0.05, 0.1) is 16.9 Å². The molecule has 4 nitrogen and oxygen atoms in total. The zero-order chi connectivity index (χ0) is 13.1. The summed E-state index contributed by atoms with van der Waals surface area (Å²) in [6, 6.07) is 10.2. The van der Waals surface area contributed by atoms with E-state index in [4.69, 9.17) is 34.2 Å². The Bertz CT molecular complexity index is 634. The number of benzene rings is 1. The third-order valence-electron chi connectivity index (χ3n) is 2.25. The highest BCUT2D eigenvalue weighted by Crippen LogP contribution is 2.27. The van der Waals surface area contributed by atoms with Crippen LogP contribution in [0.2, 0.25) is 10.2 Å². The highest BCUT2D eigenvalue weighted by Gasteiger charge is 2.07. The maximum Gasteiger partial charge on any atom is 0.155 e. The van der Waals surface area contributed by atoms with Crippen LogP contribution in [0.25, 0.3) is 0 Å². The Hall–Kier alpha value is -1.96. The Morgan fingerprint density at radius 3 is 2.72 bits per heavy atom. The topological polar surface area (TPSA) is 74.7 Å². The molecule has 0 amide bonds. The standard InChI is InChI=1S/C12H8Cl2N4/c13-8-2-1-7(6-15)10(5-8)17-12-9(16)3-4-11(14)18-12/h1-5H,16H2,(H,17,18). The SMILES string of the molecule is N#Cc1ccc(Cl)cc1Nc1nc(Cl)ccc1N. The molecule has 0 saturated carbocycles. The summed E-state index contributed by atoms with van der Waals surface area (Å²) in [4.78, 5) is 4.05. The second-order valence-corrected chi connectivity index (χ2v) is 4.32. The van der Waals surface area contributed by atoms with E-state index in [9.17, 15) is 0 Å². The van der Waals surface area contributed by atoms with Gasteiger partial charge in [-0.05, 0) is 30.3 Å². The molecule has 2 rings (SSSR count).